The standard InChI is InChI=1S/C22H18N4O3S/c1-14-25-17(12-30-14)11-29-20-5-3-2-4-15(20)6-9-21(27)26-16-7-8-19-18(10-16)22(28)24-13-23-19/h2-10,12-13H,11H2,1H3,(H,26,27)(H,23,24,28). The lowest BCUT2D eigenvalue weighted by Crippen LogP contribution is -2.10. The summed E-state index contributed by atoms with van der Waals surface area (Å²) in [5, 5.41) is 6.12. The van der Waals surface area contributed by atoms with Gasteiger partial charge in [-0.1, -0.05) is 18.2 Å². The first-order valence-corrected chi connectivity index (χ1v) is 10.1. The molecule has 0 saturated heterocycles. The molecule has 150 valence electrons. The van der Waals surface area contributed by atoms with Crippen LogP contribution in [0.25, 0.3) is 17.0 Å². The number of carbonyl (C=O) groups excluding carboxylic acids is 1. The Morgan fingerprint density at radius 3 is 2.97 bits per heavy atom. The molecule has 1 amide bonds. The molecule has 0 spiro atoms. The summed E-state index contributed by atoms with van der Waals surface area (Å²) in [7, 11) is 0. The maximum absolute atomic E-state index is 12.4. The summed E-state index contributed by atoms with van der Waals surface area (Å²) >= 11 is 1.58. The third-order valence-electron chi connectivity index (χ3n) is 4.28. The zero-order valence-electron chi connectivity index (χ0n) is 16.1. The smallest absolute Gasteiger partial charge is 0.258 e. The van der Waals surface area contributed by atoms with Gasteiger partial charge in [0.2, 0.25) is 5.91 Å². The molecule has 7 nitrogen and oxygen atoms in total. The molecule has 0 bridgehead atoms. The van der Waals surface area contributed by atoms with Gasteiger partial charge in [-0.25, -0.2) is 9.97 Å². The highest BCUT2D eigenvalue weighted by Gasteiger charge is 2.06. The number of rotatable bonds is 6. The van der Waals surface area contributed by atoms with E-state index in [-0.39, 0.29) is 11.5 Å². The minimum Gasteiger partial charge on any atom is -0.487 e. The van der Waals surface area contributed by atoms with E-state index in [1.165, 1.54) is 12.4 Å². The quantitative estimate of drug-likeness (QED) is 0.463. The van der Waals surface area contributed by atoms with Gasteiger partial charge in [0.05, 0.1) is 27.9 Å². The fourth-order valence-electron chi connectivity index (χ4n) is 2.87. The van der Waals surface area contributed by atoms with Crippen molar-refractivity contribution in [3.05, 3.63) is 86.9 Å². The molecule has 0 aliphatic rings. The van der Waals surface area contributed by atoms with Crippen molar-refractivity contribution in [2.24, 2.45) is 0 Å². The summed E-state index contributed by atoms with van der Waals surface area (Å²) < 4.78 is 5.86. The summed E-state index contributed by atoms with van der Waals surface area (Å²) in [6.45, 7) is 2.31. The zero-order valence-corrected chi connectivity index (χ0v) is 16.9. The van der Waals surface area contributed by atoms with Gasteiger partial charge in [0.15, 0.2) is 0 Å². The van der Waals surface area contributed by atoms with Crippen LogP contribution in [0, 0.1) is 6.92 Å². The number of benzene rings is 2. The van der Waals surface area contributed by atoms with Crippen molar-refractivity contribution in [3.63, 3.8) is 0 Å². The topological polar surface area (TPSA) is 97.0 Å². The van der Waals surface area contributed by atoms with E-state index in [9.17, 15) is 9.59 Å². The minimum absolute atomic E-state index is 0.256. The summed E-state index contributed by atoms with van der Waals surface area (Å²) in [6.07, 6.45) is 4.46. The van der Waals surface area contributed by atoms with Crippen LogP contribution in [-0.2, 0) is 11.4 Å². The van der Waals surface area contributed by atoms with Crippen LogP contribution in [0.4, 0.5) is 5.69 Å². The third kappa shape index (κ3) is 4.61. The first-order chi connectivity index (χ1) is 14.6. The van der Waals surface area contributed by atoms with E-state index in [4.69, 9.17) is 4.74 Å². The molecule has 2 N–H and O–H groups in total. The Kier molecular flexibility index (Phi) is 5.67. The molecule has 0 unspecified atom stereocenters. The number of nitrogens with one attached hydrogen (secondary N) is 2. The molecule has 0 fully saturated rings. The Morgan fingerprint density at radius 2 is 2.13 bits per heavy atom. The molecule has 4 rings (SSSR count). The molecule has 0 saturated carbocycles. The number of thiazole rings is 1. The number of ether oxygens (including phenoxy) is 1. The van der Waals surface area contributed by atoms with Gasteiger partial charge in [0.25, 0.3) is 5.56 Å². The van der Waals surface area contributed by atoms with Gasteiger partial charge in [-0.05, 0) is 37.3 Å². The molecular weight excluding hydrogens is 400 g/mol. The fourth-order valence-corrected chi connectivity index (χ4v) is 3.47. The van der Waals surface area contributed by atoms with Crippen molar-refractivity contribution in [2.75, 3.05) is 5.32 Å². The van der Waals surface area contributed by atoms with E-state index < -0.39 is 0 Å². The van der Waals surface area contributed by atoms with Gasteiger partial charge in [-0.3, -0.25) is 9.59 Å². The van der Waals surface area contributed by atoms with Gasteiger partial charge in [-0.15, -0.1) is 11.3 Å². The highest BCUT2D eigenvalue weighted by atomic mass is 32.1. The van der Waals surface area contributed by atoms with Crippen LogP contribution in [0.5, 0.6) is 5.75 Å². The number of aromatic amines is 1. The number of aromatic nitrogens is 3. The number of anilines is 1. The summed E-state index contributed by atoms with van der Waals surface area (Å²) in [6, 6.07) is 12.5. The number of H-pyrrole nitrogens is 1. The molecule has 8 heteroatoms. The van der Waals surface area contributed by atoms with E-state index in [0.29, 0.717) is 28.9 Å². The van der Waals surface area contributed by atoms with Gasteiger partial charge in [0.1, 0.15) is 12.4 Å². The molecule has 30 heavy (non-hydrogen) atoms. The average Bonchev–Trinajstić information content (AvgIpc) is 3.17. The van der Waals surface area contributed by atoms with Crippen molar-refractivity contribution < 1.29 is 9.53 Å². The average molecular weight is 418 g/mol. The number of aryl methyl sites for hydroxylation is 1. The summed E-state index contributed by atoms with van der Waals surface area (Å²) in [4.78, 5) is 35.2. The van der Waals surface area contributed by atoms with Gasteiger partial charge in [-0.2, -0.15) is 0 Å². The molecule has 4 aromatic rings. The maximum Gasteiger partial charge on any atom is 0.258 e. The lowest BCUT2D eigenvalue weighted by atomic mass is 10.2. The number of para-hydroxylation sites is 1. The molecule has 2 aromatic heterocycles. The number of amides is 1. The Labute approximate surface area is 176 Å². The summed E-state index contributed by atoms with van der Waals surface area (Å²) in [5.74, 6) is 0.343. The Morgan fingerprint density at radius 1 is 1.27 bits per heavy atom. The van der Waals surface area contributed by atoms with Crippen molar-refractivity contribution in [3.8, 4) is 5.75 Å². The lowest BCUT2D eigenvalue weighted by Gasteiger charge is -2.08. The Balaban J connectivity index is 1.45. The number of carbonyl (C=O) groups is 1. The van der Waals surface area contributed by atoms with Crippen molar-refractivity contribution in [2.45, 2.75) is 13.5 Å². The second kappa shape index (κ2) is 8.71. The van der Waals surface area contributed by atoms with Crippen LogP contribution >= 0.6 is 11.3 Å². The maximum atomic E-state index is 12.4. The van der Waals surface area contributed by atoms with E-state index in [0.717, 1.165) is 16.3 Å². The molecule has 2 aromatic carbocycles. The zero-order chi connectivity index (χ0) is 20.9. The van der Waals surface area contributed by atoms with E-state index in [1.54, 1.807) is 35.6 Å². The normalized spacial score (nSPS) is 11.1. The van der Waals surface area contributed by atoms with Crippen molar-refractivity contribution >= 4 is 39.9 Å². The van der Waals surface area contributed by atoms with Crippen LogP contribution in [0.1, 0.15) is 16.3 Å². The number of fused-ring (bicyclic) bond motifs is 1. The van der Waals surface area contributed by atoms with Gasteiger partial charge < -0.3 is 15.0 Å². The number of hydrogen-bond donors (Lipinski definition) is 2. The minimum atomic E-state index is -0.320. The molecule has 2 heterocycles. The second-order valence-electron chi connectivity index (χ2n) is 6.47. The highest BCUT2D eigenvalue weighted by Crippen LogP contribution is 2.21. The van der Waals surface area contributed by atoms with Crippen LogP contribution in [-0.4, -0.2) is 20.9 Å². The van der Waals surface area contributed by atoms with E-state index in [1.807, 2.05) is 36.6 Å². The third-order valence-corrected chi connectivity index (χ3v) is 5.11. The molecule has 0 aliphatic carbocycles. The Bertz CT molecular complexity index is 1290. The number of nitrogens with zero attached hydrogens (tertiary/aromatic N) is 2. The first-order valence-electron chi connectivity index (χ1n) is 9.18. The van der Waals surface area contributed by atoms with Crippen molar-refractivity contribution in [1.82, 2.24) is 15.0 Å². The number of hydrogen-bond acceptors (Lipinski definition) is 6. The van der Waals surface area contributed by atoms with Crippen LogP contribution < -0.4 is 15.6 Å². The van der Waals surface area contributed by atoms with Crippen LogP contribution in [0.15, 0.2) is 65.0 Å². The van der Waals surface area contributed by atoms with Crippen LogP contribution in [0.2, 0.25) is 0 Å². The predicted octanol–water partition coefficient (Wildman–Crippen LogP) is 3.92. The Hall–Kier alpha value is -3.78. The van der Waals surface area contributed by atoms with Crippen LogP contribution in [0.3, 0.4) is 0 Å². The molecule has 0 atom stereocenters. The molecular formula is C22H18N4O3S. The highest BCUT2D eigenvalue weighted by molar-refractivity contribution is 7.09. The van der Waals surface area contributed by atoms with Gasteiger partial charge in [0, 0.05) is 22.7 Å². The summed E-state index contributed by atoms with van der Waals surface area (Å²) in [5.41, 5.74) is 2.47. The second-order valence-corrected chi connectivity index (χ2v) is 7.53. The molecule has 0 radical (unpaired) electrons. The fraction of sp³-hybridized carbons (Fsp3) is 0.0909. The SMILES string of the molecule is Cc1nc(COc2ccccc2C=CC(=O)Nc2ccc3nc[nH]c(=O)c3c2)cs1. The molecule has 0 aliphatic heterocycles. The predicted molar refractivity (Wildman–Crippen MR) is 118 cm³/mol. The largest absolute Gasteiger partial charge is 0.487 e. The lowest BCUT2D eigenvalue weighted by molar-refractivity contribution is -0.111. The first kappa shape index (κ1) is 19.5. The van der Waals surface area contributed by atoms with Crippen molar-refractivity contribution in [1.29, 1.82) is 0 Å². The van der Waals surface area contributed by atoms with E-state index >= 15 is 0 Å². The van der Waals surface area contributed by atoms with E-state index in [2.05, 4.69) is 20.3 Å². The van der Waals surface area contributed by atoms with Gasteiger partial charge >= 0.3 is 0 Å². The monoisotopic (exact) mass is 418 g/mol.